The number of amides is 1. The number of carbonyl (C=O) groups excluding carboxylic acids is 1. The van der Waals surface area contributed by atoms with Gasteiger partial charge in [0, 0.05) is 18.8 Å². The van der Waals surface area contributed by atoms with Crippen LogP contribution in [-0.2, 0) is 13.1 Å². The number of hydrogen-bond donors (Lipinski definition) is 1. The van der Waals surface area contributed by atoms with Gasteiger partial charge < -0.3 is 10.6 Å². The van der Waals surface area contributed by atoms with Gasteiger partial charge in [-0.15, -0.1) is 0 Å². The zero-order valence-corrected chi connectivity index (χ0v) is 10.6. The number of benzene rings is 2. The van der Waals surface area contributed by atoms with E-state index in [1.54, 1.807) is 12.1 Å². The summed E-state index contributed by atoms with van der Waals surface area (Å²) >= 11 is 0. The molecular weight excluding hydrogens is 262 g/mol. The summed E-state index contributed by atoms with van der Waals surface area (Å²) in [5.41, 5.74) is 7.99. The molecule has 2 aromatic carbocycles. The van der Waals surface area contributed by atoms with Gasteiger partial charge in [0.05, 0.1) is 5.56 Å². The van der Waals surface area contributed by atoms with Gasteiger partial charge in [0.15, 0.2) is 0 Å². The second kappa shape index (κ2) is 4.59. The van der Waals surface area contributed by atoms with Gasteiger partial charge in [0.2, 0.25) is 0 Å². The largest absolute Gasteiger partial charge is 0.399 e. The first-order valence-electron chi connectivity index (χ1n) is 6.16. The third-order valence-electron chi connectivity index (χ3n) is 3.40. The maximum absolute atomic E-state index is 13.6. The van der Waals surface area contributed by atoms with Gasteiger partial charge in [-0.25, -0.2) is 8.78 Å². The van der Waals surface area contributed by atoms with E-state index in [9.17, 15) is 13.6 Å². The van der Waals surface area contributed by atoms with Crippen LogP contribution in [0.2, 0.25) is 0 Å². The molecule has 0 saturated heterocycles. The summed E-state index contributed by atoms with van der Waals surface area (Å²) in [6.07, 6.45) is 0. The molecule has 0 bridgehead atoms. The minimum Gasteiger partial charge on any atom is -0.399 e. The smallest absolute Gasteiger partial charge is 0.257 e. The molecule has 2 aromatic rings. The van der Waals surface area contributed by atoms with Crippen molar-refractivity contribution in [1.82, 2.24) is 4.90 Å². The van der Waals surface area contributed by atoms with Gasteiger partial charge in [-0.05, 0) is 41.5 Å². The van der Waals surface area contributed by atoms with Crippen molar-refractivity contribution in [2.75, 3.05) is 5.73 Å². The Morgan fingerprint density at radius 1 is 1.05 bits per heavy atom. The molecule has 1 heterocycles. The predicted molar refractivity (Wildman–Crippen MR) is 70.8 cm³/mol. The Morgan fingerprint density at radius 2 is 1.80 bits per heavy atom. The number of rotatable bonds is 1. The molecule has 20 heavy (non-hydrogen) atoms. The zero-order chi connectivity index (χ0) is 14.3. The number of anilines is 1. The van der Waals surface area contributed by atoms with Crippen molar-refractivity contribution in [2.45, 2.75) is 13.1 Å². The SMILES string of the molecule is Nc1ccc2c(c1)CN(C(=O)c1cc(F)ccc1F)C2. The van der Waals surface area contributed by atoms with E-state index in [4.69, 9.17) is 5.73 Å². The number of nitrogens with two attached hydrogens (primary N) is 1. The lowest BCUT2D eigenvalue weighted by Crippen LogP contribution is -2.26. The van der Waals surface area contributed by atoms with Gasteiger partial charge in [-0.1, -0.05) is 6.07 Å². The summed E-state index contributed by atoms with van der Waals surface area (Å²) in [5, 5.41) is 0. The Hall–Kier alpha value is -2.43. The molecule has 3 rings (SSSR count). The van der Waals surface area contributed by atoms with E-state index >= 15 is 0 Å². The maximum atomic E-state index is 13.6. The number of nitrogen functional groups attached to an aromatic ring is 1. The molecule has 0 aromatic heterocycles. The molecule has 0 aliphatic carbocycles. The van der Waals surface area contributed by atoms with Gasteiger partial charge in [0.1, 0.15) is 11.6 Å². The van der Waals surface area contributed by atoms with Crippen LogP contribution in [0.5, 0.6) is 0 Å². The second-order valence-electron chi connectivity index (χ2n) is 4.81. The van der Waals surface area contributed by atoms with Crippen LogP contribution in [0.3, 0.4) is 0 Å². The van der Waals surface area contributed by atoms with E-state index in [0.29, 0.717) is 18.8 Å². The molecule has 0 spiro atoms. The molecule has 2 N–H and O–H groups in total. The highest BCUT2D eigenvalue weighted by Gasteiger charge is 2.26. The van der Waals surface area contributed by atoms with Gasteiger partial charge >= 0.3 is 0 Å². The first kappa shape index (κ1) is 12.6. The Morgan fingerprint density at radius 3 is 2.60 bits per heavy atom. The van der Waals surface area contributed by atoms with Crippen molar-refractivity contribution < 1.29 is 13.6 Å². The molecule has 1 aliphatic heterocycles. The van der Waals surface area contributed by atoms with Crippen LogP contribution >= 0.6 is 0 Å². The van der Waals surface area contributed by atoms with Gasteiger partial charge in [0.25, 0.3) is 5.91 Å². The Labute approximate surface area is 114 Å². The molecule has 0 radical (unpaired) electrons. The van der Waals surface area contributed by atoms with Crippen LogP contribution in [0, 0.1) is 11.6 Å². The molecule has 0 unspecified atom stereocenters. The summed E-state index contributed by atoms with van der Waals surface area (Å²) in [6.45, 7) is 0.736. The summed E-state index contributed by atoms with van der Waals surface area (Å²) < 4.78 is 26.8. The van der Waals surface area contributed by atoms with E-state index in [0.717, 1.165) is 29.3 Å². The maximum Gasteiger partial charge on any atom is 0.257 e. The number of halogens is 2. The molecule has 1 amide bonds. The van der Waals surface area contributed by atoms with Crippen LogP contribution in [0.25, 0.3) is 0 Å². The zero-order valence-electron chi connectivity index (χ0n) is 10.6. The molecule has 1 aliphatic rings. The molecule has 5 heteroatoms. The average Bonchev–Trinajstić information content (AvgIpc) is 2.83. The molecule has 3 nitrogen and oxygen atoms in total. The lowest BCUT2D eigenvalue weighted by atomic mass is 10.1. The summed E-state index contributed by atoms with van der Waals surface area (Å²) in [4.78, 5) is 13.7. The molecule has 0 fully saturated rings. The molecular formula is C15H12F2N2O. The highest BCUT2D eigenvalue weighted by atomic mass is 19.1. The first-order valence-corrected chi connectivity index (χ1v) is 6.16. The lowest BCUT2D eigenvalue weighted by Gasteiger charge is -2.15. The average molecular weight is 274 g/mol. The van der Waals surface area contributed by atoms with Gasteiger partial charge in [-0.2, -0.15) is 0 Å². The third-order valence-corrected chi connectivity index (χ3v) is 3.40. The van der Waals surface area contributed by atoms with Crippen LogP contribution in [-0.4, -0.2) is 10.8 Å². The fraction of sp³-hybridized carbons (Fsp3) is 0.133. The Kier molecular flexibility index (Phi) is 2.89. The Balaban J connectivity index is 1.89. The van der Waals surface area contributed by atoms with E-state index < -0.39 is 17.5 Å². The van der Waals surface area contributed by atoms with Crippen LogP contribution in [0.1, 0.15) is 21.5 Å². The fourth-order valence-electron chi connectivity index (χ4n) is 2.39. The van der Waals surface area contributed by atoms with Crippen molar-refractivity contribution >= 4 is 11.6 Å². The lowest BCUT2D eigenvalue weighted by molar-refractivity contribution is 0.0746. The van der Waals surface area contributed by atoms with Crippen LogP contribution < -0.4 is 5.73 Å². The summed E-state index contributed by atoms with van der Waals surface area (Å²) in [5.74, 6) is -1.86. The van der Waals surface area contributed by atoms with Gasteiger partial charge in [-0.3, -0.25) is 4.79 Å². The Bertz CT molecular complexity index is 700. The molecule has 0 saturated carbocycles. The standard InChI is InChI=1S/C15H12F2N2O/c16-11-2-4-14(17)13(6-11)15(20)19-7-9-1-3-12(18)5-10(9)8-19/h1-6H,7-8,18H2. The molecule has 0 atom stereocenters. The number of carbonyl (C=O) groups is 1. The predicted octanol–water partition coefficient (Wildman–Crippen LogP) is 2.70. The topological polar surface area (TPSA) is 46.3 Å². The highest BCUT2D eigenvalue weighted by Crippen LogP contribution is 2.26. The normalized spacial score (nSPS) is 13.4. The number of fused-ring (bicyclic) bond motifs is 1. The van der Waals surface area contributed by atoms with Crippen molar-refractivity contribution in [3.05, 3.63) is 64.7 Å². The second-order valence-corrected chi connectivity index (χ2v) is 4.81. The van der Waals surface area contributed by atoms with Crippen molar-refractivity contribution in [3.63, 3.8) is 0 Å². The number of hydrogen-bond acceptors (Lipinski definition) is 2. The fourth-order valence-corrected chi connectivity index (χ4v) is 2.39. The van der Waals surface area contributed by atoms with Crippen molar-refractivity contribution in [1.29, 1.82) is 0 Å². The first-order chi connectivity index (χ1) is 9.54. The van der Waals surface area contributed by atoms with E-state index in [2.05, 4.69) is 0 Å². The minimum absolute atomic E-state index is 0.245. The van der Waals surface area contributed by atoms with Crippen LogP contribution in [0.4, 0.5) is 14.5 Å². The van der Waals surface area contributed by atoms with E-state index in [1.807, 2.05) is 6.07 Å². The van der Waals surface area contributed by atoms with Crippen LogP contribution in [0.15, 0.2) is 36.4 Å². The van der Waals surface area contributed by atoms with Crippen molar-refractivity contribution in [3.8, 4) is 0 Å². The highest BCUT2D eigenvalue weighted by molar-refractivity contribution is 5.94. The monoisotopic (exact) mass is 274 g/mol. The number of nitrogens with zero attached hydrogens (tertiary/aromatic N) is 1. The van der Waals surface area contributed by atoms with Crippen molar-refractivity contribution in [2.24, 2.45) is 0 Å². The molecule has 102 valence electrons. The third kappa shape index (κ3) is 2.11. The quantitative estimate of drug-likeness (QED) is 0.813. The summed E-state index contributed by atoms with van der Waals surface area (Å²) in [7, 11) is 0. The minimum atomic E-state index is -0.716. The summed E-state index contributed by atoms with van der Waals surface area (Å²) in [6, 6.07) is 8.28. The van der Waals surface area contributed by atoms with E-state index in [-0.39, 0.29) is 5.56 Å². The van der Waals surface area contributed by atoms with E-state index in [1.165, 1.54) is 4.90 Å².